The smallest absolute Gasteiger partial charge is 0.348 e. The highest BCUT2D eigenvalue weighted by Gasteiger charge is 2.66. The van der Waals surface area contributed by atoms with Gasteiger partial charge in [-0.15, -0.1) is 0 Å². The summed E-state index contributed by atoms with van der Waals surface area (Å²) in [6.45, 7) is 5.66. The minimum absolute atomic E-state index is 0.00331. The van der Waals surface area contributed by atoms with E-state index in [9.17, 15) is 32.3 Å². The fourth-order valence-corrected chi connectivity index (χ4v) is 8.74. The molecule has 10 heteroatoms. The first-order valence-electron chi connectivity index (χ1n) is 13.8. The summed E-state index contributed by atoms with van der Waals surface area (Å²) in [5, 5.41) is -3.95. The average molecular weight is 561 g/mol. The van der Waals surface area contributed by atoms with Crippen molar-refractivity contribution in [1.82, 2.24) is 0 Å². The van der Waals surface area contributed by atoms with Crippen LogP contribution in [0.4, 0.5) is 13.2 Å². The summed E-state index contributed by atoms with van der Waals surface area (Å²) < 4.78 is 53.0. The molecule has 0 saturated heterocycles. The van der Waals surface area contributed by atoms with Gasteiger partial charge in [-0.05, 0) is 60.7 Å². The van der Waals surface area contributed by atoms with Crippen molar-refractivity contribution < 1.29 is 41.6 Å². The van der Waals surface area contributed by atoms with E-state index in [4.69, 9.17) is 9.29 Å². The first kappa shape index (κ1) is 29.6. The van der Waals surface area contributed by atoms with Crippen molar-refractivity contribution in [3.8, 4) is 0 Å². The summed E-state index contributed by atoms with van der Waals surface area (Å²) in [6, 6.07) is 0. The molecule has 4 fully saturated rings. The minimum atomic E-state index is -3.95. The summed E-state index contributed by atoms with van der Waals surface area (Å²) in [4.78, 5) is 51.6. The van der Waals surface area contributed by atoms with Gasteiger partial charge in [-0.3, -0.25) is 19.2 Å². The Kier molecular flexibility index (Phi) is 8.45. The predicted octanol–water partition coefficient (Wildman–Crippen LogP) is 6.06. The number of ether oxygens (including phenoxy) is 1. The normalized spacial score (nSPS) is 38.7. The van der Waals surface area contributed by atoms with E-state index < -0.39 is 47.9 Å². The molecule has 0 aromatic heterocycles. The lowest BCUT2D eigenvalue weighted by atomic mass is 9.44. The third kappa shape index (κ3) is 5.08. The fraction of sp³-hybridized carbons (Fsp3) is 0.857. The predicted molar refractivity (Wildman–Crippen MR) is 135 cm³/mol. The highest BCUT2D eigenvalue weighted by Crippen LogP contribution is 2.66. The van der Waals surface area contributed by atoms with Crippen molar-refractivity contribution in [2.75, 3.05) is 6.61 Å². The summed E-state index contributed by atoms with van der Waals surface area (Å²) >= 11 is -0.868. The Labute approximate surface area is 226 Å². The number of alkyl halides is 3. The number of esters is 1. The van der Waals surface area contributed by atoms with E-state index in [1.54, 1.807) is 0 Å². The molecule has 0 spiro atoms. The van der Waals surface area contributed by atoms with E-state index in [1.807, 2.05) is 13.8 Å². The van der Waals surface area contributed by atoms with Crippen molar-refractivity contribution in [2.45, 2.75) is 96.4 Å². The summed E-state index contributed by atoms with van der Waals surface area (Å²) in [5.74, 6) is -0.218. The SMILES string of the molecule is C[C@H](CCC(=O)OCCC(F)C(F)(F)SO)[C@H]1CCC2C3C(=O)CC4CC(=O)CC[C@]4(C)C3CC(=O)[C@@]21C. The maximum Gasteiger partial charge on any atom is 0.348 e. The lowest BCUT2D eigenvalue weighted by molar-refractivity contribution is -0.166. The second-order valence-corrected chi connectivity index (χ2v) is 13.3. The summed E-state index contributed by atoms with van der Waals surface area (Å²) in [6.07, 6.45) is 1.14. The standard InChI is InChI=1S/C28H39F3O6S/c1-15(4-7-24(35)37-11-9-22(29)28(30,31)38-36)18-5-6-19-25-20(14-23(34)27(18,19)3)26(2)10-8-17(32)12-16(26)13-21(25)33/h15-16,18-20,22,25,36H,4-14H2,1-3H3/t15-,16?,18-,19?,20?,22?,25?,26+,27-/m1/s1. The number of Topliss-reactive ketones (excluding diaryl/α,β-unsaturated/α-hetero) is 3. The van der Waals surface area contributed by atoms with Gasteiger partial charge < -0.3 is 9.29 Å². The van der Waals surface area contributed by atoms with Crippen LogP contribution in [0.3, 0.4) is 0 Å². The first-order valence-corrected chi connectivity index (χ1v) is 14.6. The Hall–Kier alpha value is -1.42. The van der Waals surface area contributed by atoms with Gasteiger partial charge in [-0.2, -0.15) is 8.78 Å². The van der Waals surface area contributed by atoms with Crippen LogP contribution in [0.15, 0.2) is 0 Å². The molecule has 0 aromatic carbocycles. The third-order valence-corrected chi connectivity index (χ3v) is 11.3. The van der Waals surface area contributed by atoms with Crippen molar-refractivity contribution in [3.05, 3.63) is 0 Å². The highest BCUT2D eigenvalue weighted by atomic mass is 32.2. The largest absolute Gasteiger partial charge is 0.466 e. The fourth-order valence-electron chi connectivity index (χ4n) is 8.51. The molecule has 4 rings (SSSR count). The number of hydrogen-bond donors (Lipinski definition) is 1. The zero-order chi connectivity index (χ0) is 28.0. The Balaban J connectivity index is 1.37. The molecule has 0 aliphatic heterocycles. The van der Waals surface area contributed by atoms with Gasteiger partial charge in [0.25, 0.3) is 0 Å². The molecule has 4 aliphatic rings. The van der Waals surface area contributed by atoms with Crippen LogP contribution in [0.5, 0.6) is 0 Å². The van der Waals surface area contributed by atoms with Gasteiger partial charge in [0.2, 0.25) is 0 Å². The molecule has 4 saturated carbocycles. The number of rotatable bonds is 9. The molecule has 1 N–H and O–H groups in total. The zero-order valence-corrected chi connectivity index (χ0v) is 23.2. The topological polar surface area (TPSA) is 97.7 Å². The van der Waals surface area contributed by atoms with E-state index in [0.29, 0.717) is 32.1 Å². The quantitative estimate of drug-likeness (QED) is 0.270. The molecule has 0 amide bonds. The lowest BCUT2D eigenvalue weighted by Gasteiger charge is -2.58. The van der Waals surface area contributed by atoms with Crippen LogP contribution < -0.4 is 0 Å². The van der Waals surface area contributed by atoms with Crippen LogP contribution in [-0.2, 0) is 23.9 Å². The number of halogens is 3. The number of ketones is 3. The van der Waals surface area contributed by atoms with E-state index in [-0.39, 0.29) is 64.7 Å². The molecular weight excluding hydrogens is 521 g/mol. The third-order valence-electron chi connectivity index (χ3n) is 10.8. The van der Waals surface area contributed by atoms with E-state index in [1.165, 1.54) is 0 Å². The number of fused-ring (bicyclic) bond motifs is 5. The highest BCUT2D eigenvalue weighted by molar-refractivity contribution is 7.94. The van der Waals surface area contributed by atoms with Crippen molar-refractivity contribution in [3.63, 3.8) is 0 Å². The molecular formula is C28H39F3O6S. The van der Waals surface area contributed by atoms with Gasteiger partial charge in [0.15, 0.2) is 6.17 Å². The number of carbonyl (C=O) groups excluding carboxylic acids is 4. The minimum Gasteiger partial charge on any atom is -0.466 e. The van der Waals surface area contributed by atoms with Crippen molar-refractivity contribution in [1.29, 1.82) is 0 Å². The van der Waals surface area contributed by atoms with Gasteiger partial charge in [0, 0.05) is 49.9 Å². The number of hydrogen-bond acceptors (Lipinski definition) is 7. The number of carbonyl (C=O) groups is 4. The molecule has 6 nitrogen and oxygen atoms in total. The van der Waals surface area contributed by atoms with Crippen LogP contribution >= 0.6 is 12.0 Å². The molecule has 0 bridgehead atoms. The summed E-state index contributed by atoms with van der Waals surface area (Å²) in [5.41, 5.74) is -0.821. The molecule has 0 radical (unpaired) electrons. The van der Waals surface area contributed by atoms with Gasteiger partial charge >= 0.3 is 11.2 Å². The van der Waals surface area contributed by atoms with Crippen molar-refractivity contribution >= 4 is 35.4 Å². The summed E-state index contributed by atoms with van der Waals surface area (Å²) in [7, 11) is 0. The maximum absolute atomic E-state index is 13.8. The Bertz CT molecular complexity index is 974. The first-order chi connectivity index (χ1) is 17.8. The van der Waals surface area contributed by atoms with E-state index in [0.717, 1.165) is 19.3 Å². The average Bonchev–Trinajstić information content (AvgIpc) is 3.22. The van der Waals surface area contributed by atoms with Crippen molar-refractivity contribution in [2.24, 2.45) is 46.3 Å². The molecule has 4 aliphatic carbocycles. The Morgan fingerprint density at radius 1 is 1.13 bits per heavy atom. The van der Waals surface area contributed by atoms with Crippen LogP contribution in [-0.4, -0.2) is 45.9 Å². The Morgan fingerprint density at radius 3 is 2.53 bits per heavy atom. The maximum atomic E-state index is 13.8. The molecule has 38 heavy (non-hydrogen) atoms. The molecule has 9 atom stereocenters. The second-order valence-electron chi connectivity index (χ2n) is 12.6. The zero-order valence-electron chi connectivity index (χ0n) is 22.4. The second kappa shape index (κ2) is 10.9. The van der Waals surface area contributed by atoms with E-state index >= 15 is 0 Å². The van der Waals surface area contributed by atoms with Gasteiger partial charge in [-0.25, -0.2) is 4.39 Å². The van der Waals surface area contributed by atoms with Crippen LogP contribution in [0.1, 0.15) is 85.0 Å². The monoisotopic (exact) mass is 560 g/mol. The van der Waals surface area contributed by atoms with Gasteiger partial charge in [-0.1, -0.05) is 20.8 Å². The Morgan fingerprint density at radius 2 is 1.84 bits per heavy atom. The van der Waals surface area contributed by atoms with Crippen LogP contribution in [0, 0.1) is 46.3 Å². The van der Waals surface area contributed by atoms with Crippen LogP contribution in [0.25, 0.3) is 0 Å². The lowest BCUT2D eigenvalue weighted by Crippen LogP contribution is -2.60. The van der Waals surface area contributed by atoms with E-state index in [2.05, 4.69) is 6.92 Å². The van der Waals surface area contributed by atoms with Crippen LogP contribution in [0.2, 0.25) is 0 Å². The van der Waals surface area contributed by atoms with Gasteiger partial charge in [0.05, 0.1) is 18.6 Å². The van der Waals surface area contributed by atoms with Gasteiger partial charge in [0.1, 0.15) is 17.3 Å². The molecule has 0 aromatic rings. The molecule has 5 unspecified atom stereocenters. The molecule has 0 heterocycles. The molecule has 214 valence electrons.